The SMILES string of the molecule is c1ccc(-n2c3ccccc3c3cc4c(cc32)Oc2cc(-c3ccc5oc6ccccc6c5c3)ccc2O4)cc1. The molecule has 1 aliphatic heterocycles. The molecule has 188 valence electrons. The fourth-order valence-electron chi connectivity index (χ4n) is 5.99. The molecule has 0 radical (unpaired) electrons. The highest BCUT2D eigenvalue weighted by Crippen LogP contribution is 2.49. The van der Waals surface area contributed by atoms with Crippen molar-refractivity contribution in [1.82, 2.24) is 4.57 Å². The zero-order chi connectivity index (χ0) is 26.2. The van der Waals surface area contributed by atoms with E-state index in [9.17, 15) is 0 Å². The van der Waals surface area contributed by atoms with Crippen molar-refractivity contribution in [3.05, 3.63) is 127 Å². The van der Waals surface area contributed by atoms with Crippen LogP contribution in [0.5, 0.6) is 23.0 Å². The largest absolute Gasteiger partial charge is 0.456 e. The van der Waals surface area contributed by atoms with Crippen LogP contribution in [0.4, 0.5) is 0 Å². The van der Waals surface area contributed by atoms with Gasteiger partial charge in [-0.1, -0.05) is 66.7 Å². The first-order valence-electron chi connectivity index (χ1n) is 13.3. The van der Waals surface area contributed by atoms with Crippen LogP contribution in [0.3, 0.4) is 0 Å². The number of fused-ring (bicyclic) bond motifs is 8. The fraction of sp³-hybridized carbons (Fsp3) is 0. The van der Waals surface area contributed by atoms with Crippen molar-refractivity contribution in [2.75, 3.05) is 0 Å². The lowest BCUT2D eigenvalue weighted by Gasteiger charge is -2.22. The lowest BCUT2D eigenvalue weighted by Crippen LogP contribution is -2.00. The molecule has 0 bridgehead atoms. The van der Waals surface area contributed by atoms with Gasteiger partial charge in [0.05, 0.1) is 11.0 Å². The van der Waals surface area contributed by atoms with Gasteiger partial charge in [-0.05, 0) is 65.7 Å². The summed E-state index contributed by atoms with van der Waals surface area (Å²) in [7, 11) is 0. The zero-order valence-corrected chi connectivity index (χ0v) is 21.3. The van der Waals surface area contributed by atoms with Crippen molar-refractivity contribution in [3.63, 3.8) is 0 Å². The van der Waals surface area contributed by atoms with Gasteiger partial charge < -0.3 is 18.5 Å². The van der Waals surface area contributed by atoms with E-state index in [4.69, 9.17) is 13.9 Å². The molecule has 0 atom stereocenters. The van der Waals surface area contributed by atoms with Crippen LogP contribution in [0.2, 0.25) is 0 Å². The average molecular weight is 516 g/mol. The Kier molecular flexibility index (Phi) is 4.30. The predicted molar refractivity (Wildman–Crippen MR) is 160 cm³/mol. The van der Waals surface area contributed by atoms with Crippen LogP contribution < -0.4 is 9.47 Å². The Bertz CT molecular complexity index is 2270. The summed E-state index contributed by atoms with van der Waals surface area (Å²) in [5, 5.41) is 4.52. The van der Waals surface area contributed by atoms with E-state index in [1.165, 1.54) is 5.39 Å². The lowest BCUT2D eigenvalue weighted by atomic mass is 10.0. The maximum absolute atomic E-state index is 6.52. The minimum atomic E-state index is 0.698. The number of furan rings is 1. The maximum Gasteiger partial charge on any atom is 0.172 e. The molecule has 0 aliphatic carbocycles. The maximum atomic E-state index is 6.52. The van der Waals surface area contributed by atoms with Gasteiger partial charge in [-0.2, -0.15) is 0 Å². The summed E-state index contributed by atoms with van der Waals surface area (Å²) >= 11 is 0. The molecule has 2 aromatic heterocycles. The molecule has 6 aromatic carbocycles. The predicted octanol–water partition coefficient (Wildman–Crippen LogP) is 10.2. The van der Waals surface area contributed by atoms with Gasteiger partial charge in [0.2, 0.25) is 0 Å². The zero-order valence-electron chi connectivity index (χ0n) is 21.3. The van der Waals surface area contributed by atoms with E-state index in [-0.39, 0.29) is 0 Å². The summed E-state index contributed by atoms with van der Waals surface area (Å²) in [6.45, 7) is 0. The summed E-state index contributed by atoms with van der Waals surface area (Å²) < 4.78 is 21.2. The summed E-state index contributed by atoms with van der Waals surface area (Å²) in [5.74, 6) is 2.82. The highest BCUT2D eigenvalue weighted by Gasteiger charge is 2.23. The number of rotatable bonds is 2. The van der Waals surface area contributed by atoms with Gasteiger partial charge in [-0.15, -0.1) is 0 Å². The molecule has 3 heterocycles. The topological polar surface area (TPSA) is 36.5 Å². The first-order chi connectivity index (χ1) is 19.8. The summed E-state index contributed by atoms with van der Waals surface area (Å²) in [6.07, 6.45) is 0. The smallest absolute Gasteiger partial charge is 0.172 e. The van der Waals surface area contributed by atoms with Crippen molar-refractivity contribution in [2.24, 2.45) is 0 Å². The Morgan fingerprint density at radius 2 is 1.07 bits per heavy atom. The summed E-state index contributed by atoms with van der Waals surface area (Å²) in [4.78, 5) is 0. The van der Waals surface area contributed by atoms with E-state index >= 15 is 0 Å². The molecule has 0 N–H and O–H groups in total. The van der Waals surface area contributed by atoms with Crippen molar-refractivity contribution < 1.29 is 13.9 Å². The third-order valence-electron chi connectivity index (χ3n) is 7.85. The van der Waals surface area contributed by atoms with Crippen LogP contribution in [0.1, 0.15) is 0 Å². The summed E-state index contributed by atoms with van der Waals surface area (Å²) in [5.41, 5.74) is 7.25. The Balaban J connectivity index is 1.17. The number of para-hydroxylation sites is 3. The Hall–Kier alpha value is -5.48. The van der Waals surface area contributed by atoms with E-state index in [1.54, 1.807) is 0 Å². The van der Waals surface area contributed by atoms with Gasteiger partial charge in [0, 0.05) is 33.3 Å². The highest BCUT2D eigenvalue weighted by molar-refractivity contribution is 6.10. The quantitative estimate of drug-likeness (QED) is 0.230. The standard InChI is InChI=1S/C36H21NO3/c1-2-8-24(9-3-1)37-29-12-6-4-10-25(29)27-20-35-36(21-30(27)37)40-34-19-23(15-17-33(34)39-35)22-14-16-32-28(18-22)26-11-5-7-13-31(26)38-32/h1-21H. The number of ether oxygens (including phenoxy) is 2. The molecule has 4 heteroatoms. The molecule has 9 rings (SSSR count). The molecule has 4 nitrogen and oxygen atoms in total. The Labute approximate surface area is 229 Å². The molecular weight excluding hydrogens is 494 g/mol. The number of benzene rings is 6. The van der Waals surface area contributed by atoms with E-state index < -0.39 is 0 Å². The van der Waals surface area contributed by atoms with Crippen LogP contribution >= 0.6 is 0 Å². The number of aromatic nitrogens is 1. The monoisotopic (exact) mass is 515 g/mol. The van der Waals surface area contributed by atoms with Gasteiger partial charge in [0.1, 0.15) is 11.2 Å². The Morgan fingerprint density at radius 1 is 0.400 bits per heavy atom. The Morgan fingerprint density at radius 3 is 2.00 bits per heavy atom. The number of nitrogens with zero attached hydrogens (tertiary/aromatic N) is 1. The van der Waals surface area contributed by atoms with Crippen LogP contribution in [0.15, 0.2) is 132 Å². The second-order valence-electron chi connectivity index (χ2n) is 10.2. The van der Waals surface area contributed by atoms with E-state index in [1.807, 2.05) is 36.4 Å². The molecule has 8 aromatic rings. The molecular formula is C36H21NO3. The van der Waals surface area contributed by atoms with Crippen LogP contribution in [-0.4, -0.2) is 4.57 Å². The van der Waals surface area contributed by atoms with E-state index in [2.05, 4.69) is 95.6 Å². The van der Waals surface area contributed by atoms with Crippen molar-refractivity contribution in [1.29, 1.82) is 0 Å². The molecule has 0 amide bonds. The molecule has 0 unspecified atom stereocenters. The second-order valence-corrected chi connectivity index (χ2v) is 10.2. The first-order valence-corrected chi connectivity index (χ1v) is 13.3. The van der Waals surface area contributed by atoms with Crippen molar-refractivity contribution in [2.45, 2.75) is 0 Å². The molecule has 0 saturated carbocycles. The highest BCUT2D eigenvalue weighted by atomic mass is 16.6. The van der Waals surface area contributed by atoms with E-state index in [0.717, 1.165) is 60.9 Å². The lowest BCUT2D eigenvalue weighted by molar-refractivity contribution is 0.360. The van der Waals surface area contributed by atoms with Gasteiger partial charge in [0.25, 0.3) is 0 Å². The molecule has 1 aliphatic rings. The van der Waals surface area contributed by atoms with Crippen molar-refractivity contribution >= 4 is 43.7 Å². The van der Waals surface area contributed by atoms with Crippen LogP contribution in [-0.2, 0) is 0 Å². The van der Waals surface area contributed by atoms with Gasteiger partial charge >= 0.3 is 0 Å². The fourth-order valence-corrected chi connectivity index (χ4v) is 5.99. The third kappa shape index (κ3) is 3.07. The number of hydrogen-bond donors (Lipinski definition) is 0. The minimum absolute atomic E-state index is 0.698. The van der Waals surface area contributed by atoms with Crippen LogP contribution in [0.25, 0.3) is 60.6 Å². The van der Waals surface area contributed by atoms with Crippen molar-refractivity contribution in [3.8, 4) is 39.8 Å². The molecule has 0 saturated heterocycles. The van der Waals surface area contributed by atoms with Crippen LogP contribution in [0, 0.1) is 0 Å². The first kappa shape index (κ1) is 21.5. The van der Waals surface area contributed by atoms with Gasteiger partial charge in [-0.3, -0.25) is 0 Å². The third-order valence-corrected chi connectivity index (χ3v) is 7.85. The average Bonchev–Trinajstić information content (AvgIpc) is 3.54. The number of hydrogen-bond acceptors (Lipinski definition) is 3. The molecule has 0 spiro atoms. The van der Waals surface area contributed by atoms with Gasteiger partial charge in [-0.25, -0.2) is 0 Å². The van der Waals surface area contributed by atoms with Gasteiger partial charge in [0.15, 0.2) is 23.0 Å². The molecule has 40 heavy (non-hydrogen) atoms. The summed E-state index contributed by atoms with van der Waals surface area (Å²) in [6, 6.07) is 43.7. The second kappa shape index (κ2) is 8.01. The normalized spacial score (nSPS) is 12.4. The van der Waals surface area contributed by atoms with E-state index in [0.29, 0.717) is 17.2 Å². The minimum Gasteiger partial charge on any atom is -0.456 e. The molecule has 0 fully saturated rings.